The van der Waals surface area contributed by atoms with E-state index in [0.29, 0.717) is 12.2 Å². The Morgan fingerprint density at radius 1 is 1.23 bits per heavy atom. The number of methoxy groups -OCH3 is 1. The molecule has 138 valence electrons. The molecule has 3 rings (SSSR count). The molecular weight excluding hydrogens is 333 g/mol. The third kappa shape index (κ3) is 4.32. The highest BCUT2D eigenvalue weighted by Gasteiger charge is 2.24. The van der Waals surface area contributed by atoms with Crippen LogP contribution in [0.15, 0.2) is 42.5 Å². The molecule has 1 heterocycles. The molecule has 26 heavy (non-hydrogen) atoms. The summed E-state index contributed by atoms with van der Waals surface area (Å²) in [6, 6.07) is 12.4. The van der Waals surface area contributed by atoms with Gasteiger partial charge in [-0.2, -0.15) is 0 Å². The van der Waals surface area contributed by atoms with Crippen molar-refractivity contribution in [1.29, 1.82) is 0 Å². The minimum atomic E-state index is -0.344. The third-order valence-electron chi connectivity index (χ3n) is 4.78. The summed E-state index contributed by atoms with van der Waals surface area (Å²) in [6.45, 7) is 5.70. The predicted octanol–water partition coefficient (Wildman–Crippen LogP) is 1.49. The van der Waals surface area contributed by atoms with E-state index < -0.39 is 0 Å². The van der Waals surface area contributed by atoms with Crippen LogP contribution in [-0.4, -0.2) is 45.7 Å². The number of quaternary nitrogens is 1. The number of amides is 1. The molecule has 0 radical (unpaired) electrons. The fraction of sp³-hybridized carbons (Fsp3) is 0.350. The molecule has 0 bridgehead atoms. The van der Waals surface area contributed by atoms with Crippen molar-refractivity contribution in [3.63, 3.8) is 0 Å². The average molecular weight is 358 g/mol. The number of benzene rings is 2. The van der Waals surface area contributed by atoms with Gasteiger partial charge >= 0.3 is 0 Å². The van der Waals surface area contributed by atoms with Gasteiger partial charge in [0.1, 0.15) is 11.6 Å². The van der Waals surface area contributed by atoms with Crippen LogP contribution in [0.5, 0.6) is 5.75 Å². The molecule has 0 atom stereocenters. The quantitative estimate of drug-likeness (QED) is 0.851. The number of para-hydroxylation sites is 2. The number of carbonyl (C=O) groups excluding carboxylic acids is 1. The van der Waals surface area contributed by atoms with Crippen LogP contribution in [-0.2, 0) is 4.79 Å². The maximum absolute atomic E-state index is 13.4. The minimum absolute atomic E-state index is 0.0839. The maximum atomic E-state index is 13.4. The van der Waals surface area contributed by atoms with Gasteiger partial charge in [0.05, 0.1) is 39.0 Å². The van der Waals surface area contributed by atoms with E-state index in [0.717, 1.165) is 43.2 Å². The van der Waals surface area contributed by atoms with Gasteiger partial charge in [0.25, 0.3) is 5.91 Å². The van der Waals surface area contributed by atoms with Crippen molar-refractivity contribution in [3.05, 3.63) is 53.8 Å². The number of halogens is 1. The summed E-state index contributed by atoms with van der Waals surface area (Å²) in [6.07, 6.45) is 0. The molecule has 2 aromatic carbocycles. The second-order valence-electron chi connectivity index (χ2n) is 6.59. The molecule has 1 fully saturated rings. The number of hydrogen-bond acceptors (Lipinski definition) is 3. The fourth-order valence-corrected chi connectivity index (χ4v) is 3.28. The lowest BCUT2D eigenvalue weighted by Gasteiger charge is -2.34. The third-order valence-corrected chi connectivity index (χ3v) is 4.78. The Morgan fingerprint density at radius 2 is 1.96 bits per heavy atom. The topological polar surface area (TPSA) is 46.0 Å². The van der Waals surface area contributed by atoms with Crippen LogP contribution in [0, 0.1) is 12.7 Å². The van der Waals surface area contributed by atoms with Crippen LogP contribution in [0.25, 0.3) is 0 Å². The Kier molecular flexibility index (Phi) is 5.73. The first-order valence-corrected chi connectivity index (χ1v) is 8.84. The summed E-state index contributed by atoms with van der Waals surface area (Å²) >= 11 is 0. The standard InChI is InChI=1S/C20H24FN3O2/c1-15-7-8-16(21)13-17(15)22-20(25)14-23-9-11-24(12-10-23)18-5-3-4-6-19(18)26-2/h3-8,13H,9-12,14H2,1-2H3,(H,22,25)/p+1. The first-order chi connectivity index (χ1) is 12.6. The van der Waals surface area contributed by atoms with Crippen LogP contribution >= 0.6 is 0 Å². The van der Waals surface area contributed by atoms with Gasteiger partial charge in [0, 0.05) is 5.69 Å². The SMILES string of the molecule is COc1ccccc1N1CC[NH+](CC(=O)Nc2cc(F)ccc2C)CC1. The van der Waals surface area contributed by atoms with Gasteiger partial charge in [-0.05, 0) is 36.8 Å². The molecule has 5 nitrogen and oxygen atoms in total. The molecular formula is C20H25FN3O2+. The number of nitrogens with zero attached hydrogens (tertiary/aromatic N) is 1. The van der Waals surface area contributed by atoms with Crippen molar-refractivity contribution < 1.29 is 18.8 Å². The number of ether oxygens (including phenoxy) is 1. The summed E-state index contributed by atoms with van der Waals surface area (Å²) in [5, 5.41) is 2.83. The highest BCUT2D eigenvalue weighted by Crippen LogP contribution is 2.27. The Morgan fingerprint density at radius 3 is 2.69 bits per heavy atom. The number of carbonyl (C=O) groups is 1. The van der Waals surface area contributed by atoms with Gasteiger partial charge in [0.2, 0.25) is 0 Å². The summed E-state index contributed by atoms with van der Waals surface area (Å²) in [7, 11) is 1.68. The zero-order valence-electron chi connectivity index (χ0n) is 15.2. The molecule has 1 aliphatic rings. The highest BCUT2D eigenvalue weighted by atomic mass is 19.1. The Bertz CT molecular complexity index is 773. The van der Waals surface area contributed by atoms with Crippen LogP contribution in [0.2, 0.25) is 0 Å². The largest absolute Gasteiger partial charge is 0.495 e. The molecule has 0 aliphatic carbocycles. The number of hydrogen-bond donors (Lipinski definition) is 2. The lowest BCUT2D eigenvalue weighted by molar-refractivity contribution is -0.892. The van der Waals surface area contributed by atoms with Gasteiger partial charge in [-0.15, -0.1) is 0 Å². The molecule has 6 heteroatoms. The molecule has 1 saturated heterocycles. The summed E-state index contributed by atoms with van der Waals surface area (Å²) in [5.74, 6) is 0.443. The minimum Gasteiger partial charge on any atom is -0.495 e. The maximum Gasteiger partial charge on any atom is 0.279 e. The average Bonchev–Trinajstić information content (AvgIpc) is 2.65. The molecule has 0 saturated carbocycles. The molecule has 0 spiro atoms. The monoisotopic (exact) mass is 358 g/mol. The van der Waals surface area contributed by atoms with Crippen LogP contribution in [0.3, 0.4) is 0 Å². The summed E-state index contributed by atoms with van der Waals surface area (Å²) in [4.78, 5) is 15.8. The first-order valence-electron chi connectivity index (χ1n) is 8.84. The zero-order valence-corrected chi connectivity index (χ0v) is 15.2. The van der Waals surface area contributed by atoms with Crippen molar-refractivity contribution in [2.45, 2.75) is 6.92 Å². The number of anilines is 2. The van der Waals surface area contributed by atoms with Crippen molar-refractivity contribution in [1.82, 2.24) is 0 Å². The van der Waals surface area contributed by atoms with Crippen LogP contribution < -0.4 is 19.9 Å². The fourth-order valence-electron chi connectivity index (χ4n) is 3.28. The van der Waals surface area contributed by atoms with Crippen LogP contribution in [0.1, 0.15) is 5.56 Å². The molecule has 1 aliphatic heterocycles. The van der Waals surface area contributed by atoms with Gasteiger partial charge < -0.3 is 19.9 Å². The number of aryl methyl sites for hydroxylation is 1. The normalized spacial score (nSPS) is 15.0. The van der Waals surface area contributed by atoms with Crippen molar-refractivity contribution >= 4 is 17.3 Å². The number of rotatable bonds is 5. The van der Waals surface area contributed by atoms with Gasteiger partial charge in [-0.1, -0.05) is 18.2 Å². The Balaban J connectivity index is 1.54. The lowest BCUT2D eigenvalue weighted by atomic mass is 10.2. The van der Waals surface area contributed by atoms with Crippen LogP contribution in [0.4, 0.5) is 15.8 Å². The molecule has 1 amide bonds. The second-order valence-corrected chi connectivity index (χ2v) is 6.59. The first kappa shape index (κ1) is 18.2. The smallest absolute Gasteiger partial charge is 0.279 e. The Labute approximate surface area is 153 Å². The zero-order chi connectivity index (χ0) is 18.5. The molecule has 2 aromatic rings. The summed E-state index contributed by atoms with van der Waals surface area (Å²) < 4.78 is 18.8. The predicted molar refractivity (Wildman–Crippen MR) is 101 cm³/mol. The second kappa shape index (κ2) is 8.19. The molecule has 0 aromatic heterocycles. The van der Waals surface area contributed by atoms with E-state index in [1.54, 1.807) is 13.2 Å². The molecule has 0 unspecified atom stereocenters. The van der Waals surface area contributed by atoms with E-state index in [-0.39, 0.29) is 11.7 Å². The van der Waals surface area contributed by atoms with E-state index in [9.17, 15) is 9.18 Å². The van der Waals surface area contributed by atoms with Crippen molar-refractivity contribution in [2.75, 3.05) is 50.1 Å². The number of piperazine rings is 1. The van der Waals surface area contributed by atoms with E-state index in [2.05, 4.69) is 16.3 Å². The van der Waals surface area contributed by atoms with E-state index in [1.165, 1.54) is 17.0 Å². The Hall–Kier alpha value is -2.60. The molecule has 2 N–H and O–H groups in total. The highest BCUT2D eigenvalue weighted by molar-refractivity contribution is 5.92. The van der Waals surface area contributed by atoms with E-state index in [1.807, 2.05) is 25.1 Å². The van der Waals surface area contributed by atoms with E-state index >= 15 is 0 Å². The van der Waals surface area contributed by atoms with Crippen molar-refractivity contribution in [3.8, 4) is 5.75 Å². The van der Waals surface area contributed by atoms with Crippen molar-refractivity contribution in [2.24, 2.45) is 0 Å². The van der Waals surface area contributed by atoms with Gasteiger partial charge in [-0.3, -0.25) is 4.79 Å². The van der Waals surface area contributed by atoms with Gasteiger partial charge in [0.15, 0.2) is 6.54 Å². The summed E-state index contributed by atoms with van der Waals surface area (Å²) in [5.41, 5.74) is 2.49. The lowest BCUT2D eigenvalue weighted by Crippen LogP contribution is -3.15. The number of nitrogens with one attached hydrogen (secondary N) is 2. The van der Waals surface area contributed by atoms with E-state index in [4.69, 9.17) is 4.74 Å². The van der Waals surface area contributed by atoms with Gasteiger partial charge in [-0.25, -0.2) is 4.39 Å².